The maximum Gasteiger partial charge on any atom is 0.253 e. The Morgan fingerprint density at radius 3 is 2.59 bits per heavy atom. The molecule has 2 amide bonds. The third-order valence-corrected chi connectivity index (χ3v) is 5.71. The van der Waals surface area contributed by atoms with Crippen molar-refractivity contribution < 1.29 is 9.59 Å². The average molecular weight is 458 g/mol. The van der Waals surface area contributed by atoms with E-state index in [1.165, 1.54) is 5.56 Å². The molecule has 2 aromatic rings. The van der Waals surface area contributed by atoms with Crippen LogP contribution < -0.4 is 10.6 Å². The molecular formula is C23H28BrN3O2. The Bertz CT molecular complexity index is 848. The first-order valence-electron chi connectivity index (χ1n) is 10.2. The normalized spacial score (nSPS) is 15.1. The highest BCUT2D eigenvalue weighted by atomic mass is 79.9. The fourth-order valence-electron chi connectivity index (χ4n) is 3.61. The summed E-state index contributed by atoms with van der Waals surface area (Å²) < 4.78 is 1.09. The highest BCUT2D eigenvalue weighted by Crippen LogP contribution is 2.23. The molecule has 1 heterocycles. The van der Waals surface area contributed by atoms with E-state index in [4.69, 9.17) is 0 Å². The number of halogens is 1. The maximum atomic E-state index is 12.8. The van der Waals surface area contributed by atoms with Crippen LogP contribution in [0.15, 0.2) is 53.0 Å². The van der Waals surface area contributed by atoms with E-state index >= 15 is 0 Å². The van der Waals surface area contributed by atoms with Crippen molar-refractivity contribution in [1.29, 1.82) is 0 Å². The molecule has 5 nitrogen and oxygen atoms in total. The number of nitrogens with zero attached hydrogens (tertiary/aromatic N) is 1. The van der Waals surface area contributed by atoms with E-state index in [-0.39, 0.29) is 17.7 Å². The SMILES string of the molecule is CCCNC(=O)c1ccccc1NC(=O)C1CCN(Cc2cccc(Br)c2)CC1. The molecule has 0 aromatic heterocycles. The van der Waals surface area contributed by atoms with E-state index in [2.05, 4.69) is 43.6 Å². The van der Waals surface area contributed by atoms with Gasteiger partial charge in [-0.3, -0.25) is 14.5 Å². The molecule has 0 aliphatic carbocycles. The molecule has 2 aromatic carbocycles. The average Bonchev–Trinajstić information content (AvgIpc) is 2.73. The van der Waals surface area contributed by atoms with Crippen LogP contribution in [0.5, 0.6) is 0 Å². The summed E-state index contributed by atoms with van der Waals surface area (Å²) in [5.41, 5.74) is 2.37. The second-order valence-electron chi connectivity index (χ2n) is 7.47. The Morgan fingerprint density at radius 2 is 1.86 bits per heavy atom. The van der Waals surface area contributed by atoms with Crippen molar-refractivity contribution in [2.45, 2.75) is 32.7 Å². The summed E-state index contributed by atoms with van der Waals surface area (Å²) >= 11 is 3.52. The fourth-order valence-corrected chi connectivity index (χ4v) is 4.05. The van der Waals surface area contributed by atoms with Crippen LogP contribution in [0.1, 0.15) is 42.1 Å². The summed E-state index contributed by atoms with van der Waals surface area (Å²) in [5.74, 6) is -0.171. The molecule has 29 heavy (non-hydrogen) atoms. The number of benzene rings is 2. The fraction of sp³-hybridized carbons (Fsp3) is 0.391. The van der Waals surface area contributed by atoms with Crippen molar-refractivity contribution in [3.05, 3.63) is 64.1 Å². The van der Waals surface area contributed by atoms with E-state index in [1.807, 2.05) is 31.2 Å². The Hall–Kier alpha value is -2.18. The minimum Gasteiger partial charge on any atom is -0.352 e. The van der Waals surface area contributed by atoms with E-state index in [1.54, 1.807) is 12.1 Å². The van der Waals surface area contributed by atoms with Gasteiger partial charge in [0.15, 0.2) is 0 Å². The van der Waals surface area contributed by atoms with Gasteiger partial charge in [0, 0.05) is 23.5 Å². The van der Waals surface area contributed by atoms with Crippen LogP contribution >= 0.6 is 15.9 Å². The van der Waals surface area contributed by atoms with Crippen molar-refractivity contribution in [2.75, 3.05) is 25.0 Å². The zero-order chi connectivity index (χ0) is 20.6. The minimum absolute atomic E-state index is 0.00264. The number of rotatable bonds is 7. The predicted molar refractivity (Wildman–Crippen MR) is 120 cm³/mol. The smallest absolute Gasteiger partial charge is 0.253 e. The van der Waals surface area contributed by atoms with Crippen molar-refractivity contribution in [2.24, 2.45) is 5.92 Å². The van der Waals surface area contributed by atoms with E-state index in [0.717, 1.165) is 43.4 Å². The van der Waals surface area contributed by atoms with Gasteiger partial charge in [0.05, 0.1) is 11.3 Å². The molecule has 6 heteroatoms. The quantitative estimate of drug-likeness (QED) is 0.645. The Morgan fingerprint density at radius 1 is 1.10 bits per heavy atom. The summed E-state index contributed by atoms with van der Waals surface area (Å²) in [4.78, 5) is 27.5. The van der Waals surface area contributed by atoms with Gasteiger partial charge in [-0.1, -0.05) is 47.1 Å². The number of hydrogen-bond donors (Lipinski definition) is 2. The van der Waals surface area contributed by atoms with Gasteiger partial charge < -0.3 is 10.6 Å². The highest BCUT2D eigenvalue weighted by molar-refractivity contribution is 9.10. The number of carbonyl (C=O) groups is 2. The topological polar surface area (TPSA) is 61.4 Å². The Labute approximate surface area is 181 Å². The van der Waals surface area contributed by atoms with E-state index in [9.17, 15) is 9.59 Å². The largest absolute Gasteiger partial charge is 0.352 e. The molecule has 0 saturated carbocycles. The number of carbonyl (C=O) groups excluding carboxylic acids is 2. The lowest BCUT2D eigenvalue weighted by Crippen LogP contribution is -2.38. The van der Waals surface area contributed by atoms with Gasteiger partial charge in [-0.15, -0.1) is 0 Å². The number of hydrogen-bond acceptors (Lipinski definition) is 3. The van der Waals surface area contributed by atoms with Crippen LogP contribution in [0.2, 0.25) is 0 Å². The predicted octanol–water partition coefficient (Wildman–Crippen LogP) is 4.44. The molecule has 1 saturated heterocycles. The third-order valence-electron chi connectivity index (χ3n) is 5.22. The summed E-state index contributed by atoms with van der Waals surface area (Å²) in [6.45, 7) is 5.31. The number of anilines is 1. The lowest BCUT2D eigenvalue weighted by molar-refractivity contribution is -0.121. The molecule has 154 valence electrons. The summed E-state index contributed by atoms with van der Waals surface area (Å²) in [6.07, 6.45) is 2.52. The number of likely N-dealkylation sites (tertiary alicyclic amines) is 1. The summed E-state index contributed by atoms with van der Waals surface area (Å²) in [6, 6.07) is 15.5. The van der Waals surface area contributed by atoms with Crippen LogP contribution in [-0.4, -0.2) is 36.3 Å². The second kappa shape index (κ2) is 10.6. The van der Waals surface area contributed by atoms with Crippen LogP contribution in [0.3, 0.4) is 0 Å². The lowest BCUT2D eigenvalue weighted by Gasteiger charge is -2.31. The van der Waals surface area contributed by atoms with Crippen molar-refractivity contribution in [1.82, 2.24) is 10.2 Å². The monoisotopic (exact) mass is 457 g/mol. The zero-order valence-electron chi connectivity index (χ0n) is 16.8. The molecule has 0 bridgehead atoms. The first-order valence-corrected chi connectivity index (χ1v) is 11.0. The van der Waals surface area contributed by atoms with Crippen LogP contribution in [-0.2, 0) is 11.3 Å². The van der Waals surface area contributed by atoms with Crippen molar-refractivity contribution in [3.63, 3.8) is 0 Å². The molecule has 0 spiro atoms. The first-order chi connectivity index (χ1) is 14.1. The Kier molecular flexibility index (Phi) is 7.83. The molecule has 0 unspecified atom stereocenters. The van der Waals surface area contributed by atoms with Gasteiger partial charge in [-0.25, -0.2) is 0 Å². The molecule has 0 atom stereocenters. The standard InChI is InChI=1S/C23H28BrN3O2/c1-2-12-25-23(29)20-8-3-4-9-21(20)26-22(28)18-10-13-27(14-11-18)16-17-6-5-7-19(24)15-17/h3-9,15,18H,2,10-14,16H2,1H3,(H,25,29)(H,26,28). The number of piperidine rings is 1. The molecule has 2 N–H and O–H groups in total. The third kappa shape index (κ3) is 6.15. The highest BCUT2D eigenvalue weighted by Gasteiger charge is 2.26. The van der Waals surface area contributed by atoms with Gasteiger partial charge in [0.25, 0.3) is 5.91 Å². The van der Waals surface area contributed by atoms with E-state index < -0.39 is 0 Å². The number of nitrogens with one attached hydrogen (secondary N) is 2. The van der Waals surface area contributed by atoms with Crippen LogP contribution in [0.4, 0.5) is 5.69 Å². The molecular weight excluding hydrogens is 430 g/mol. The molecule has 3 rings (SSSR count). The van der Waals surface area contributed by atoms with Gasteiger partial charge >= 0.3 is 0 Å². The summed E-state index contributed by atoms with van der Waals surface area (Å²) in [5, 5.41) is 5.86. The summed E-state index contributed by atoms with van der Waals surface area (Å²) in [7, 11) is 0. The second-order valence-corrected chi connectivity index (χ2v) is 8.39. The van der Waals surface area contributed by atoms with Crippen LogP contribution in [0.25, 0.3) is 0 Å². The maximum absolute atomic E-state index is 12.8. The van der Waals surface area contributed by atoms with Crippen molar-refractivity contribution >= 4 is 33.4 Å². The minimum atomic E-state index is -0.147. The van der Waals surface area contributed by atoms with E-state index in [0.29, 0.717) is 17.8 Å². The molecule has 1 fully saturated rings. The first kappa shape index (κ1) is 21.5. The number of amides is 2. The zero-order valence-corrected chi connectivity index (χ0v) is 18.4. The molecule has 1 aliphatic rings. The van der Waals surface area contributed by atoms with Gasteiger partial charge in [0.1, 0.15) is 0 Å². The molecule has 1 aliphatic heterocycles. The van der Waals surface area contributed by atoms with Gasteiger partial charge in [-0.05, 0) is 62.2 Å². The number of para-hydroxylation sites is 1. The van der Waals surface area contributed by atoms with Gasteiger partial charge in [0.2, 0.25) is 5.91 Å². The Balaban J connectivity index is 1.54. The van der Waals surface area contributed by atoms with Crippen molar-refractivity contribution in [3.8, 4) is 0 Å². The molecule has 0 radical (unpaired) electrons. The van der Waals surface area contributed by atoms with Crippen LogP contribution in [0, 0.1) is 5.92 Å². The lowest BCUT2D eigenvalue weighted by atomic mass is 9.95. The van der Waals surface area contributed by atoms with Gasteiger partial charge in [-0.2, -0.15) is 0 Å².